The van der Waals surface area contributed by atoms with E-state index in [4.69, 9.17) is 0 Å². The van der Waals surface area contributed by atoms with E-state index in [1.54, 1.807) is 14.1 Å². The van der Waals surface area contributed by atoms with Gasteiger partial charge in [0.05, 0.1) is 34.2 Å². The van der Waals surface area contributed by atoms with E-state index in [2.05, 4.69) is 28.2 Å². The van der Waals surface area contributed by atoms with Crippen LogP contribution in [0.3, 0.4) is 0 Å². The summed E-state index contributed by atoms with van der Waals surface area (Å²) in [7, 11) is 11.9. The molecule has 0 spiro atoms. The van der Waals surface area contributed by atoms with Crippen molar-refractivity contribution in [2.45, 2.75) is 0 Å². The number of rotatable bonds is 2. The molecular formula is C8H20N2O2. The van der Waals surface area contributed by atoms with Crippen LogP contribution in [0.15, 0.2) is 0 Å². The van der Waals surface area contributed by atoms with E-state index in [-0.39, 0.29) is 6.54 Å². The standard InChI is InChI=1S/C4H9NO2.C4H12N/c1-5(2)3-4(6)7;1-5(2,3)4/h3H2,1-2H3,(H,6,7);1-4H3/q;+1/p-1. The summed E-state index contributed by atoms with van der Waals surface area (Å²) in [5.41, 5.74) is 0. The quantitative estimate of drug-likeness (QED) is 0.487. The average Bonchev–Trinajstić information content (AvgIpc) is 1.52. The lowest BCUT2D eigenvalue weighted by atomic mass is 10.6. The second-order valence-corrected chi connectivity index (χ2v) is 4.29. The topological polar surface area (TPSA) is 43.4 Å². The predicted molar refractivity (Wildman–Crippen MR) is 47.5 cm³/mol. The second-order valence-electron chi connectivity index (χ2n) is 4.29. The molecular weight excluding hydrogens is 156 g/mol. The molecule has 0 aromatic rings. The molecule has 0 aromatic carbocycles. The highest BCUT2D eigenvalue weighted by molar-refractivity contribution is 5.66. The van der Waals surface area contributed by atoms with Crippen LogP contribution in [-0.2, 0) is 4.79 Å². The normalized spacial score (nSPS) is 10.6. The lowest BCUT2D eigenvalue weighted by Gasteiger charge is -2.14. The van der Waals surface area contributed by atoms with Crippen molar-refractivity contribution in [3.8, 4) is 0 Å². The highest BCUT2D eigenvalue weighted by Gasteiger charge is 1.88. The van der Waals surface area contributed by atoms with Crippen molar-refractivity contribution < 1.29 is 14.4 Å². The van der Waals surface area contributed by atoms with Gasteiger partial charge in [-0.25, -0.2) is 0 Å². The summed E-state index contributed by atoms with van der Waals surface area (Å²) < 4.78 is 1.00. The van der Waals surface area contributed by atoms with E-state index in [1.807, 2.05) is 0 Å². The third-order valence-electron chi connectivity index (χ3n) is 0.445. The number of quaternary nitrogens is 1. The molecule has 0 aliphatic carbocycles. The van der Waals surface area contributed by atoms with E-state index in [1.165, 1.54) is 4.90 Å². The minimum Gasteiger partial charge on any atom is -0.549 e. The van der Waals surface area contributed by atoms with Gasteiger partial charge in [-0.05, 0) is 14.1 Å². The molecule has 0 fully saturated rings. The molecule has 0 radical (unpaired) electrons. The van der Waals surface area contributed by atoms with Gasteiger partial charge in [0.25, 0.3) is 0 Å². The number of hydrogen-bond acceptors (Lipinski definition) is 3. The number of hydrogen-bond donors (Lipinski definition) is 0. The summed E-state index contributed by atoms with van der Waals surface area (Å²) in [6.45, 7) is 0. The average molecular weight is 176 g/mol. The largest absolute Gasteiger partial charge is 0.549 e. The maximum atomic E-state index is 9.66. The molecule has 0 aliphatic rings. The zero-order valence-corrected chi connectivity index (χ0v) is 8.92. The molecule has 4 heteroatoms. The van der Waals surface area contributed by atoms with Crippen molar-refractivity contribution in [3.63, 3.8) is 0 Å². The summed E-state index contributed by atoms with van der Waals surface area (Å²) in [5, 5.41) is 9.66. The Labute approximate surface area is 75.0 Å². The lowest BCUT2D eigenvalue weighted by Crippen LogP contribution is -2.33. The molecule has 0 N–H and O–H groups in total. The fourth-order valence-corrected chi connectivity index (χ4v) is 0.258. The third-order valence-corrected chi connectivity index (χ3v) is 0.445. The molecule has 4 nitrogen and oxygen atoms in total. The van der Waals surface area contributed by atoms with Crippen LogP contribution >= 0.6 is 0 Å². The first kappa shape index (κ1) is 13.9. The minimum atomic E-state index is -1.04. The maximum Gasteiger partial charge on any atom is 0.0675 e. The van der Waals surface area contributed by atoms with Crippen molar-refractivity contribution in [2.75, 3.05) is 48.8 Å². The van der Waals surface area contributed by atoms with Crippen LogP contribution in [-0.4, -0.2) is 64.2 Å². The SMILES string of the molecule is CN(C)CC(=O)[O-].C[N+](C)(C)C. The number of carboxylic acids is 1. The van der Waals surface area contributed by atoms with Gasteiger partial charge in [-0.15, -0.1) is 0 Å². The van der Waals surface area contributed by atoms with Crippen molar-refractivity contribution in [3.05, 3.63) is 0 Å². The molecule has 0 saturated carbocycles. The van der Waals surface area contributed by atoms with Crippen LogP contribution in [0.5, 0.6) is 0 Å². The van der Waals surface area contributed by atoms with Gasteiger partial charge in [0.2, 0.25) is 0 Å². The van der Waals surface area contributed by atoms with E-state index >= 15 is 0 Å². The number of carbonyl (C=O) groups excluding carboxylic acids is 1. The van der Waals surface area contributed by atoms with Crippen LogP contribution in [0.25, 0.3) is 0 Å². The Morgan fingerprint density at radius 3 is 1.50 bits per heavy atom. The maximum absolute atomic E-state index is 9.66. The Morgan fingerprint density at radius 1 is 1.25 bits per heavy atom. The zero-order chi connectivity index (χ0) is 10.4. The van der Waals surface area contributed by atoms with Gasteiger partial charge in [-0.3, -0.25) is 0 Å². The molecule has 74 valence electrons. The lowest BCUT2D eigenvalue weighted by molar-refractivity contribution is -0.849. The monoisotopic (exact) mass is 176 g/mol. The summed E-state index contributed by atoms with van der Waals surface area (Å²) in [6, 6.07) is 0. The first-order valence-corrected chi connectivity index (χ1v) is 3.76. The van der Waals surface area contributed by atoms with E-state index in [0.29, 0.717) is 0 Å². The fraction of sp³-hybridized carbons (Fsp3) is 0.875. The summed E-state index contributed by atoms with van der Waals surface area (Å²) >= 11 is 0. The van der Waals surface area contributed by atoms with E-state index in [9.17, 15) is 9.90 Å². The molecule has 0 aromatic heterocycles. The molecule has 0 heterocycles. The molecule has 0 saturated heterocycles. The summed E-state index contributed by atoms with van der Waals surface area (Å²) in [6.07, 6.45) is 0. The van der Waals surface area contributed by atoms with E-state index in [0.717, 1.165) is 4.48 Å². The zero-order valence-electron chi connectivity index (χ0n) is 8.92. The highest BCUT2D eigenvalue weighted by atomic mass is 16.4. The number of carbonyl (C=O) groups is 1. The van der Waals surface area contributed by atoms with Gasteiger partial charge in [0.1, 0.15) is 0 Å². The molecule has 0 unspecified atom stereocenters. The van der Waals surface area contributed by atoms with Crippen LogP contribution in [0.2, 0.25) is 0 Å². The minimum absolute atomic E-state index is 0. The predicted octanol–water partition coefficient (Wildman–Crippen LogP) is -1.38. The third kappa shape index (κ3) is 57.5. The van der Waals surface area contributed by atoms with Crippen molar-refractivity contribution in [1.29, 1.82) is 0 Å². The van der Waals surface area contributed by atoms with Gasteiger partial charge in [-0.2, -0.15) is 0 Å². The van der Waals surface area contributed by atoms with E-state index < -0.39 is 5.97 Å². The first-order chi connectivity index (χ1) is 5.13. The molecule has 0 aliphatic heterocycles. The smallest absolute Gasteiger partial charge is 0.0675 e. The molecule has 0 amide bonds. The molecule has 0 atom stereocenters. The molecule has 0 rings (SSSR count). The number of nitrogens with zero attached hydrogens (tertiary/aromatic N) is 2. The highest BCUT2D eigenvalue weighted by Crippen LogP contribution is 1.73. The second kappa shape index (κ2) is 5.97. The van der Waals surface area contributed by atoms with Crippen LogP contribution in [0.1, 0.15) is 0 Å². The number of carboxylic acid groups (broad SMARTS) is 1. The Morgan fingerprint density at radius 2 is 1.50 bits per heavy atom. The Hall–Kier alpha value is -0.610. The van der Waals surface area contributed by atoms with Gasteiger partial charge in [0.15, 0.2) is 0 Å². The van der Waals surface area contributed by atoms with Crippen molar-refractivity contribution >= 4 is 5.97 Å². The van der Waals surface area contributed by atoms with Gasteiger partial charge in [0, 0.05) is 6.54 Å². The molecule has 12 heavy (non-hydrogen) atoms. The molecule has 0 bridgehead atoms. The fourth-order valence-electron chi connectivity index (χ4n) is 0.258. The summed E-state index contributed by atoms with van der Waals surface area (Å²) in [5.74, 6) is -1.04. The number of likely N-dealkylation sites (N-methyl/N-ethyl adjacent to an activating group) is 1. The van der Waals surface area contributed by atoms with Gasteiger partial charge < -0.3 is 19.3 Å². The Bertz CT molecular complexity index is 122. The first-order valence-electron chi connectivity index (χ1n) is 3.76. The van der Waals surface area contributed by atoms with Crippen molar-refractivity contribution in [1.82, 2.24) is 4.90 Å². The van der Waals surface area contributed by atoms with Crippen LogP contribution < -0.4 is 5.11 Å². The van der Waals surface area contributed by atoms with Crippen LogP contribution in [0, 0.1) is 0 Å². The van der Waals surface area contributed by atoms with Crippen LogP contribution in [0.4, 0.5) is 0 Å². The summed E-state index contributed by atoms with van der Waals surface area (Å²) in [4.78, 5) is 11.2. The Balaban J connectivity index is 0. The van der Waals surface area contributed by atoms with Gasteiger partial charge in [-0.1, -0.05) is 0 Å². The van der Waals surface area contributed by atoms with Gasteiger partial charge >= 0.3 is 0 Å². The van der Waals surface area contributed by atoms with Crippen molar-refractivity contribution in [2.24, 2.45) is 0 Å². The Kier molecular flexibility index (Phi) is 6.94. The number of aliphatic carboxylic acids is 1.